The first kappa shape index (κ1) is 19.7. The maximum absolute atomic E-state index is 11.0. The van der Waals surface area contributed by atoms with Crippen molar-refractivity contribution in [2.24, 2.45) is 0 Å². The lowest BCUT2D eigenvalue weighted by atomic mass is 10.1. The second-order valence-corrected chi connectivity index (χ2v) is 8.09. The normalized spacial score (nSPS) is 18.0. The largest absolute Gasteiger partial charge is 0.371 e. The van der Waals surface area contributed by atoms with E-state index in [1.165, 1.54) is 4.90 Å². The van der Waals surface area contributed by atoms with E-state index in [1.807, 2.05) is 18.2 Å². The highest BCUT2D eigenvalue weighted by molar-refractivity contribution is 7.98. The number of nitrogens with zero attached hydrogens (tertiary/aromatic N) is 1. The first-order chi connectivity index (χ1) is 12.6. The van der Waals surface area contributed by atoms with Gasteiger partial charge in [-0.1, -0.05) is 41.9 Å². The van der Waals surface area contributed by atoms with E-state index in [0.717, 1.165) is 35.0 Å². The molecule has 0 aliphatic carbocycles. The van der Waals surface area contributed by atoms with Gasteiger partial charge in [0.2, 0.25) is 5.24 Å². The second kappa shape index (κ2) is 9.77. The standard InChI is InChI=1S/C20H21Cl2NO2S/c21-18-4-2-1-3-16(18)14-26-17-7-5-15(6-8-17)19-13-23(11-12-25-19)10-9-20(22)24/h1-8,19H,9-14H2. The molecule has 26 heavy (non-hydrogen) atoms. The van der Waals surface area contributed by atoms with Gasteiger partial charge in [-0.3, -0.25) is 9.69 Å². The smallest absolute Gasteiger partial charge is 0.222 e. The van der Waals surface area contributed by atoms with E-state index in [0.29, 0.717) is 19.6 Å². The van der Waals surface area contributed by atoms with Crippen LogP contribution in [0.25, 0.3) is 0 Å². The van der Waals surface area contributed by atoms with Gasteiger partial charge in [-0.15, -0.1) is 11.8 Å². The molecule has 1 unspecified atom stereocenters. The first-order valence-electron chi connectivity index (χ1n) is 8.60. The molecule has 3 rings (SSSR count). The second-order valence-electron chi connectivity index (χ2n) is 6.21. The summed E-state index contributed by atoms with van der Waals surface area (Å²) in [6.45, 7) is 2.99. The molecule has 0 bridgehead atoms. The van der Waals surface area contributed by atoms with Gasteiger partial charge in [-0.05, 0) is 40.9 Å². The molecule has 0 radical (unpaired) electrons. The summed E-state index contributed by atoms with van der Waals surface area (Å²) in [5.74, 6) is 0.846. The van der Waals surface area contributed by atoms with E-state index < -0.39 is 0 Å². The fraction of sp³-hybridized carbons (Fsp3) is 0.350. The Hall–Kier alpha value is -1.04. The van der Waals surface area contributed by atoms with Gasteiger partial charge in [0.05, 0.1) is 12.7 Å². The van der Waals surface area contributed by atoms with Crippen LogP contribution in [0.4, 0.5) is 0 Å². The predicted octanol–water partition coefficient (Wildman–Crippen LogP) is 5.16. The number of halogens is 2. The highest BCUT2D eigenvalue weighted by Gasteiger charge is 2.22. The molecule has 1 aliphatic heterocycles. The minimum atomic E-state index is -0.284. The van der Waals surface area contributed by atoms with Crippen LogP contribution in [-0.2, 0) is 15.3 Å². The number of carbonyl (C=O) groups excluding carboxylic acids is 1. The molecule has 2 aromatic rings. The number of ether oxygens (including phenoxy) is 1. The van der Waals surface area contributed by atoms with Crippen molar-refractivity contribution in [3.05, 3.63) is 64.7 Å². The van der Waals surface area contributed by atoms with Gasteiger partial charge < -0.3 is 4.74 Å². The third-order valence-electron chi connectivity index (χ3n) is 4.38. The third kappa shape index (κ3) is 5.73. The van der Waals surface area contributed by atoms with Gasteiger partial charge in [0, 0.05) is 41.7 Å². The van der Waals surface area contributed by atoms with Gasteiger partial charge in [0.1, 0.15) is 0 Å². The third-order valence-corrected chi connectivity index (χ3v) is 6.00. The van der Waals surface area contributed by atoms with Crippen molar-refractivity contribution in [2.75, 3.05) is 26.2 Å². The summed E-state index contributed by atoms with van der Waals surface area (Å²) in [4.78, 5) is 14.4. The van der Waals surface area contributed by atoms with E-state index in [-0.39, 0.29) is 11.3 Å². The number of benzene rings is 2. The Bertz CT molecular complexity index is 739. The molecule has 1 saturated heterocycles. The lowest BCUT2D eigenvalue weighted by molar-refractivity contribution is -0.112. The monoisotopic (exact) mass is 409 g/mol. The van der Waals surface area contributed by atoms with Crippen molar-refractivity contribution in [3.8, 4) is 0 Å². The van der Waals surface area contributed by atoms with Crippen LogP contribution < -0.4 is 0 Å². The van der Waals surface area contributed by atoms with Crippen LogP contribution in [-0.4, -0.2) is 36.4 Å². The fourth-order valence-corrected chi connectivity index (χ4v) is 4.18. The molecule has 0 saturated carbocycles. The molecule has 0 amide bonds. The maximum Gasteiger partial charge on any atom is 0.222 e. The highest BCUT2D eigenvalue weighted by Crippen LogP contribution is 2.29. The molecule has 0 spiro atoms. The zero-order chi connectivity index (χ0) is 18.4. The van der Waals surface area contributed by atoms with E-state index in [1.54, 1.807) is 11.8 Å². The maximum atomic E-state index is 11.0. The van der Waals surface area contributed by atoms with Crippen molar-refractivity contribution in [1.82, 2.24) is 4.90 Å². The van der Waals surface area contributed by atoms with Crippen LogP contribution >= 0.6 is 35.0 Å². The lowest BCUT2D eigenvalue weighted by Gasteiger charge is -2.32. The Morgan fingerprint density at radius 2 is 1.96 bits per heavy atom. The Kier molecular flexibility index (Phi) is 7.41. The molecule has 1 aliphatic rings. The number of morpholine rings is 1. The van der Waals surface area contributed by atoms with Crippen molar-refractivity contribution in [2.45, 2.75) is 23.2 Å². The molecule has 0 aromatic heterocycles. The van der Waals surface area contributed by atoms with Crippen molar-refractivity contribution < 1.29 is 9.53 Å². The zero-order valence-corrected chi connectivity index (χ0v) is 16.7. The molecular weight excluding hydrogens is 389 g/mol. The molecule has 1 heterocycles. The summed E-state index contributed by atoms with van der Waals surface area (Å²) < 4.78 is 5.90. The molecule has 2 aromatic carbocycles. The van der Waals surface area contributed by atoms with Crippen LogP contribution in [0.15, 0.2) is 53.4 Å². The molecule has 1 fully saturated rings. The van der Waals surface area contributed by atoms with E-state index in [2.05, 4.69) is 35.2 Å². The van der Waals surface area contributed by atoms with Crippen molar-refractivity contribution >= 4 is 40.2 Å². The van der Waals surface area contributed by atoms with E-state index in [4.69, 9.17) is 27.9 Å². The minimum Gasteiger partial charge on any atom is -0.371 e. The number of hydrogen-bond donors (Lipinski definition) is 0. The number of rotatable bonds is 7. The lowest BCUT2D eigenvalue weighted by Crippen LogP contribution is -2.39. The fourth-order valence-electron chi connectivity index (χ4n) is 2.91. The van der Waals surface area contributed by atoms with Gasteiger partial charge in [-0.2, -0.15) is 0 Å². The van der Waals surface area contributed by atoms with Crippen molar-refractivity contribution in [3.63, 3.8) is 0 Å². The Balaban J connectivity index is 1.55. The average Bonchev–Trinajstić information content (AvgIpc) is 2.66. The van der Waals surface area contributed by atoms with Crippen molar-refractivity contribution in [1.29, 1.82) is 0 Å². The van der Waals surface area contributed by atoms with Gasteiger partial charge in [-0.25, -0.2) is 0 Å². The van der Waals surface area contributed by atoms with Gasteiger partial charge in [0.15, 0.2) is 0 Å². The zero-order valence-electron chi connectivity index (χ0n) is 14.4. The summed E-state index contributed by atoms with van der Waals surface area (Å²) in [6, 6.07) is 16.4. The van der Waals surface area contributed by atoms with E-state index in [9.17, 15) is 4.79 Å². The summed E-state index contributed by atoms with van der Waals surface area (Å²) in [6.07, 6.45) is 0.420. The summed E-state index contributed by atoms with van der Waals surface area (Å²) in [5, 5.41) is 0.524. The predicted molar refractivity (Wildman–Crippen MR) is 108 cm³/mol. The number of hydrogen-bond acceptors (Lipinski definition) is 4. The average molecular weight is 410 g/mol. The Labute approximate surface area is 168 Å². The van der Waals surface area contributed by atoms with Crippen LogP contribution in [0.5, 0.6) is 0 Å². The van der Waals surface area contributed by atoms with Crippen LogP contribution in [0.1, 0.15) is 23.7 Å². The topological polar surface area (TPSA) is 29.5 Å². The van der Waals surface area contributed by atoms with Gasteiger partial charge in [0.25, 0.3) is 0 Å². The summed E-state index contributed by atoms with van der Waals surface area (Å²) in [7, 11) is 0. The first-order valence-corrected chi connectivity index (χ1v) is 10.3. The van der Waals surface area contributed by atoms with Crippen LogP contribution in [0, 0.1) is 0 Å². The molecule has 3 nitrogen and oxygen atoms in total. The molecule has 6 heteroatoms. The Morgan fingerprint density at radius 3 is 2.69 bits per heavy atom. The highest BCUT2D eigenvalue weighted by atomic mass is 35.5. The SMILES string of the molecule is O=C(Cl)CCN1CCOC(c2ccc(SCc3ccccc3Cl)cc2)C1. The number of thioether (sulfide) groups is 1. The summed E-state index contributed by atoms with van der Waals surface area (Å²) in [5.41, 5.74) is 2.30. The summed E-state index contributed by atoms with van der Waals surface area (Å²) >= 11 is 13.4. The Morgan fingerprint density at radius 1 is 1.19 bits per heavy atom. The van der Waals surface area contributed by atoms with Crippen LogP contribution in [0.2, 0.25) is 5.02 Å². The number of carbonyl (C=O) groups is 1. The molecule has 1 atom stereocenters. The van der Waals surface area contributed by atoms with E-state index >= 15 is 0 Å². The minimum absolute atomic E-state index is 0.0387. The molecule has 0 N–H and O–H groups in total. The molecular formula is C20H21Cl2NO2S. The van der Waals surface area contributed by atoms with Crippen LogP contribution in [0.3, 0.4) is 0 Å². The van der Waals surface area contributed by atoms with Gasteiger partial charge >= 0.3 is 0 Å². The quantitative estimate of drug-likeness (QED) is 0.466. The molecule has 138 valence electrons.